The van der Waals surface area contributed by atoms with Gasteiger partial charge in [-0.2, -0.15) is 0 Å². The molecule has 0 unspecified atom stereocenters. The van der Waals surface area contributed by atoms with Gasteiger partial charge in [0, 0.05) is 28.4 Å². The Balaban J connectivity index is 2.23. The summed E-state index contributed by atoms with van der Waals surface area (Å²) in [6.07, 6.45) is 2.10. The van der Waals surface area contributed by atoms with Gasteiger partial charge in [-0.05, 0) is 37.1 Å². The van der Waals surface area contributed by atoms with Crippen LogP contribution in [0.2, 0.25) is 10.0 Å². The highest BCUT2D eigenvalue weighted by atomic mass is 35.5. The minimum Gasteiger partial charge on any atom is -0.477 e. The number of carboxylic acid groups (broad SMARTS) is 1. The molecule has 1 aromatic heterocycles. The van der Waals surface area contributed by atoms with Crippen molar-refractivity contribution >= 4 is 35.0 Å². The molecule has 0 aliphatic rings. The van der Waals surface area contributed by atoms with E-state index < -0.39 is 5.97 Å². The SMILES string of the molecule is CC(=O)c1cc(C(=O)O)n(CCc2ccc(Cl)cc2Cl)c1. The monoisotopic (exact) mass is 325 g/mol. The second kappa shape index (κ2) is 6.33. The number of aromatic carboxylic acids is 1. The highest BCUT2D eigenvalue weighted by Crippen LogP contribution is 2.22. The van der Waals surface area contributed by atoms with Crippen LogP contribution in [0, 0.1) is 0 Å². The normalized spacial score (nSPS) is 10.6. The van der Waals surface area contributed by atoms with E-state index in [2.05, 4.69) is 0 Å². The molecule has 0 radical (unpaired) electrons. The predicted molar refractivity (Wildman–Crippen MR) is 81.6 cm³/mol. The minimum atomic E-state index is -1.07. The van der Waals surface area contributed by atoms with Crippen LogP contribution < -0.4 is 0 Å². The van der Waals surface area contributed by atoms with Crippen molar-refractivity contribution in [2.75, 3.05) is 0 Å². The van der Waals surface area contributed by atoms with Gasteiger partial charge in [-0.1, -0.05) is 29.3 Å². The number of ketones is 1. The van der Waals surface area contributed by atoms with Gasteiger partial charge in [0.15, 0.2) is 5.78 Å². The Morgan fingerprint density at radius 3 is 2.52 bits per heavy atom. The van der Waals surface area contributed by atoms with Crippen molar-refractivity contribution in [2.24, 2.45) is 0 Å². The Kier molecular flexibility index (Phi) is 4.70. The number of nitrogens with zero attached hydrogens (tertiary/aromatic N) is 1. The third kappa shape index (κ3) is 3.65. The molecule has 0 aliphatic heterocycles. The first-order valence-corrected chi connectivity index (χ1v) is 7.02. The first kappa shape index (κ1) is 15.6. The zero-order valence-electron chi connectivity index (χ0n) is 11.3. The third-order valence-corrected chi connectivity index (χ3v) is 3.75. The number of carbonyl (C=O) groups is 2. The van der Waals surface area contributed by atoms with Crippen LogP contribution in [0.25, 0.3) is 0 Å². The minimum absolute atomic E-state index is 0.0882. The molecule has 0 atom stereocenters. The third-order valence-electron chi connectivity index (χ3n) is 3.16. The van der Waals surface area contributed by atoms with Crippen LogP contribution in [0.3, 0.4) is 0 Å². The Hall–Kier alpha value is -1.78. The van der Waals surface area contributed by atoms with E-state index in [0.29, 0.717) is 28.6 Å². The summed E-state index contributed by atoms with van der Waals surface area (Å²) in [6.45, 7) is 1.82. The molecule has 0 bridgehead atoms. The quantitative estimate of drug-likeness (QED) is 0.847. The number of carbonyl (C=O) groups excluding carboxylic acids is 1. The van der Waals surface area contributed by atoms with Crippen LogP contribution in [-0.2, 0) is 13.0 Å². The Morgan fingerprint density at radius 2 is 1.95 bits per heavy atom. The van der Waals surface area contributed by atoms with E-state index >= 15 is 0 Å². The molecule has 0 saturated heterocycles. The van der Waals surface area contributed by atoms with Crippen LogP contribution in [0.1, 0.15) is 33.3 Å². The fraction of sp³-hybridized carbons (Fsp3) is 0.200. The molecule has 1 heterocycles. The van der Waals surface area contributed by atoms with Gasteiger partial charge >= 0.3 is 5.97 Å². The summed E-state index contributed by atoms with van der Waals surface area (Å²) < 4.78 is 1.55. The van der Waals surface area contributed by atoms with Crippen LogP contribution in [0.5, 0.6) is 0 Å². The van der Waals surface area contributed by atoms with E-state index in [0.717, 1.165) is 5.56 Å². The van der Waals surface area contributed by atoms with E-state index in [1.54, 1.807) is 29.0 Å². The first-order valence-electron chi connectivity index (χ1n) is 6.27. The molecule has 6 heteroatoms. The topological polar surface area (TPSA) is 59.3 Å². The molecular formula is C15H13Cl2NO3. The van der Waals surface area contributed by atoms with Gasteiger partial charge in [0.25, 0.3) is 0 Å². The molecule has 0 amide bonds. The number of Topliss-reactive ketones (excluding diaryl/α,β-unsaturated/α-hetero) is 1. The standard InChI is InChI=1S/C15H13Cl2NO3/c1-9(19)11-6-14(15(20)21)18(8-11)5-4-10-2-3-12(16)7-13(10)17/h2-3,6-8H,4-5H2,1H3,(H,20,21). The van der Waals surface area contributed by atoms with Gasteiger partial charge in [-0.3, -0.25) is 4.79 Å². The first-order chi connectivity index (χ1) is 9.88. The van der Waals surface area contributed by atoms with E-state index in [9.17, 15) is 14.7 Å². The number of carboxylic acids is 1. The average molecular weight is 326 g/mol. The van der Waals surface area contributed by atoms with Crippen molar-refractivity contribution in [2.45, 2.75) is 19.9 Å². The molecule has 0 fully saturated rings. The van der Waals surface area contributed by atoms with Crippen molar-refractivity contribution in [3.8, 4) is 0 Å². The maximum Gasteiger partial charge on any atom is 0.352 e. The number of benzene rings is 1. The van der Waals surface area contributed by atoms with Crippen LogP contribution in [-0.4, -0.2) is 21.4 Å². The molecule has 0 aliphatic carbocycles. The average Bonchev–Trinajstić information content (AvgIpc) is 2.82. The van der Waals surface area contributed by atoms with Gasteiger partial charge in [0.1, 0.15) is 5.69 Å². The summed E-state index contributed by atoms with van der Waals surface area (Å²) in [7, 11) is 0. The lowest BCUT2D eigenvalue weighted by Gasteiger charge is -2.08. The summed E-state index contributed by atoms with van der Waals surface area (Å²) in [6, 6.07) is 6.57. The molecule has 1 N–H and O–H groups in total. The second-order valence-electron chi connectivity index (χ2n) is 4.65. The molecule has 4 nitrogen and oxygen atoms in total. The highest BCUT2D eigenvalue weighted by molar-refractivity contribution is 6.35. The van der Waals surface area contributed by atoms with Gasteiger partial charge in [0.2, 0.25) is 0 Å². The summed E-state index contributed by atoms with van der Waals surface area (Å²) >= 11 is 11.9. The van der Waals surface area contributed by atoms with Crippen molar-refractivity contribution < 1.29 is 14.7 Å². The number of hydrogen-bond donors (Lipinski definition) is 1. The fourth-order valence-electron chi connectivity index (χ4n) is 2.03. The highest BCUT2D eigenvalue weighted by Gasteiger charge is 2.14. The lowest BCUT2D eigenvalue weighted by atomic mass is 10.1. The van der Waals surface area contributed by atoms with Gasteiger partial charge in [-0.25, -0.2) is 4.79 Å². The maximum absolute atomic E-state index is 11.4. The van der Waals surface area contributed by atoms with Gasteiger partial charge in [0.05, 0.1) is 0 Å². The predicted octanol–water partition coefficient (Wildman–Crippen LogP) is 3.94. The molecule has 0 spiro atoms. The summed E-state index contributed by atoms with van der Waals surface area (Å²) in [5, 5.41) is 10.3. The van der Waals surface area contributed by atoms with E-state index in [-0.39, 0.29) is 11.5 Å². The molecule has 2 rings (SSSR count). The smallest absolute Gasteiger partial charge is 0.352 e. The van der Waals surface area contributed by atoms with Crippen LogP contribution >= 0.6 is 23.2 Å². The largest absolute Gasteiger partial charge is 0.477 e. The van der Waals surface area contributed by atoms with Crippen molar-refractivity contribution in [1.29, 1.82) is 0 Å². The number of hydrogen-bond acceptors (Lipinski definition) is 2. The summed E-state index contributed by atoms with van der Waals surface area (Å²) in [5.74, 6) is -1.23. The molecule has 21 heavy (non-hydrogen) atoms. The second-order valence-corrected chi connectivity index (χ2v) is 5.50. The summed E-state index contributed by atoms with van der Waals surface area (Å²) in [4.78, 5) is 22.6. The lowest BCUT2D eigenvalue weighted by molar-refractivity contribution is 0.0685. The lowest BCUT2D eigenvalue weighted by Crippen LogP contribution is -2.09. The van der Waals surface area contributed by atoms with E-state index in [1.807, 2.05) is 0 Å². The number of halogens is 2. The van der Waals surface area contributed by atoms with Gasteiger partial charge in [-0.15, -0.1) is 0 Å². The molecule has 110 valence electrons. The van der Waals surface area contributed by atoms with Gasteiger partial charge < -0.3 is 9.67 Å². The molecular weight excluding hydrogens is 313 g/mol. The molecule has 1 aromatic carbocycles. The zero-order chi connectivity index (χ0) is 15.6. The zero-order valence-corrected chi connectivity index (χ0v) is 12.8. The Bertz CT molecular complexity index is 707. The van der Waals surface area contributed by atoms with E-state index in [4.69, 9.17) is 23.2 Å². The Morgan fingerprint density at radius 1 is 1.24 bits per heavy atom. The number of aryl methyl sites for hydroxylation is 2. The van der Waals surface area contributed by atoms with Crippen molar-refractivity contribution in [1.82, 2.24) is 4.57 Å². The van der Waals surface area contributed by atoms with Crippen molar-refractivity contribution in [3.05, 3.63) is 57.3 Å². The number of rotatable bonds is 5. The molecule has 0 saturated carbocycles. The Labute approximate surface area is 131 Å². The maximum atomic E-state index is 11.4. The van der Waals surface area contributed by atoms with Crippen LogP contribution in [0.4, 0.5) is 0 Å². The summed E-state index contributed by atoms with van der Waals surface area (Å²) in [5.41, 5.74) is 1.34. The van der Waals surface area contributed by atoms with Crippen LogP contribution in [0.15, 0.2) is 30.5 Å². The van der Waals surface area contributed by atoms with Crippen molar-refractivity contribution in [3.63, 3.8) is 0 Å². The number of aromatic nitrogens is 1. The molecule has 2 aromatic rings. The van der Waals surface area contributed by atoms with E-state index in [1.165, 1.54) is 13.0 Å². The fourth-order valence-corrected chi connectivity index (χ4v) is 2.54.